The summed E-state index contributed by atoms with van der Waals surface area (Å²) in [6, 6.07) is 0. The molecule has 0 radical (unpaired) electrons. The van der Waals surface area contributed by atoms with Gasteiger partial charge in [0.15, 0.2) is 0 Å². The van der Waals surface area contributed by atoms with Gasteiger partial charge < -0.3 is 11.0 Å². The van der Waals surface area contributed by atoms with Crippen LogP contribution in [-0.4, -0.2) is 33.7 Å². The van der Waals surface area contributed by atoms with Gasteiger partial charge in [0.25, 0.3) is 0 Å². The Morgan fingerprint density at radius 1 is 0.769 bits per heavy atom. The van der Waals surface area contributed by atoms with E-state index in [4.69, 9.17) is 10.5 Å². The van der Waals surface area contributed by atoms with Crippen molar-refractivity contribution in [3.8, 4) is 0 Å². The minimum atomic E-state index is -0.0602. The minimum Gasteiger partial charge on any atom is -0.412 e. The van der Waals surface area contributed by atoms with Crippen molar-refractivity contribution in [2.75, 3.05) is 0 Å². The van der Waals surface area contributed by atoms with Crippen molar-refractivity contribution in [1.82, 2.24) is 0 Å². The van der Waals surface area contributed by atoms with Gasteiger partial charge in [0.1, 0.15) is 0 Å². The van der Waals surface area contributed by atoms with Crippen molar-refractivity contribution < 1.29 is 53.0 Å². The van der Waals surface area contributed by atoms with Crippen LogP contribution in [0.25, 0.3) is 0 Å². The van der Waals surface area contributed by atoms with Crippen LogP contribution in [-0.2, 0) is 31.5 Å². The van der Waals surface area contributed by atoms with E-state index in [1.165, 1.54) is 0 Å². The monoisotopic (exact) mass is 236 g/mol. The first-order valence-corrected chi connectivity index (χ1v) is 3.15. The third kappa shape index (κ3) is 68.4. The third-order valence-electron chi connectivity index (χ3n) is 0.422. The number of hydrogen-bond donors (Lipinski definition) is 2. The number of hydrogen-bond acceptors (Lipinski definition) is 4. The summed E-state index contributed by atoms with van der Waals surface area (Å²) in [5.74, 6) is 0. The molecule has 84 valence electrons. The molecule has 0 aliphatic carbocycles. The van der Waals surface area contributed by atoms with Crippen LogP contribution in [0.1, 0.15) is 27.7 Å². The molecule has 0 saturated heterocycles. The predicted octanol–water partition coefficient (Wildman–Crippen LogP) is 0.117. The second-order valence-electron chi connectivity index (χ2n) is 2.31. The van der Waals surface area contributed by atoms with Crippen molar-refractivity contribution in [2.24, 2.45) is 0 Å². The molecule has 7 heteroatoms. The molecule has 0 amide bonds. The fourth-order valence-corrected chi connectivity index (χ4v) is 0. The van der Waals surface area contributed by atoms with Crippen LogP contribution in [0.5, 0.6) is 0 Å². The smallest absolute Gasteiger partial charge is 0.0871 e. The molecule has 0 aromatic rings. The SMILES string of the molecule is CC(C)OO.CC(C)OO.O.O.[Ti]. The molecule has 0 heterocycles. The van der Waals surface area contributed by atoms with Gasteiger partial charge in [-0.25, -0.2) is 9.78 Å². The van der Waals surface area contributed by atoms with Gasteiger partial charge in [-0.2, -0.15) is 0 Å². The quantitative estimate of drug-likeness (QED) is 0.401. The average Bonchev–Trinajstić information content (AvgIpc) is 1.89. The van der Waals surface area contributed by atoms with Crippen LogP contribution < -0.4 is 0 Å². The molecule has 0 aromatic carbocycles. The summed E-state index contributed by atoms with van der Waals surface area (Å²) in [4.78, 5) is 7.50. The topological polar surface area (TPSA) is 122 Å². The van der Waals surface area contributed by atoms with Crippen molar-refractivity contribution in [3.05, 3.63) is 0 Å². The van der Waals surface area contributed by atoms with E-state index in [1.807, 2.05) is 0 Å². The first kappa shape index (κ1) is 29.2. The Balaban J connectivity index is -0.0000000267. The Morgan fingerprint density at radius 2 is 0.846 bits per heavy atom. The second kappa shape index (κ2) is 22.9. The summed E-state index contributed by atoms with van der Waals surface area (Å²) >= 11 is 0. The summed E-state index contributed by atoms with van der Waals surface area (Å²) in [5, 5.41) is 15.3. The van der Waals surface area contributed by atoms with Crippen LogP contribution >= 0.6 is 0 Å². The molecule has 0 fully saturated rings. The first-order chi connectivity index (χ1) is 4.54. The average molecular weight is 236 g/mol. The Hall–Kier alpha value is 0.474. The minimum absolute atomic E-state index is 0. The second-order valence-corrected chi connectivity index (χ2v) is 2.31. The first-order valence-electron chi connectivity index (χ1n) is 3.15. The van der Waals surface area contributed by atoms with Gasteiger partial charge in [0.2, 0.25) is 0 Å². The van der Waals surface area contributed by atoms with Gasteiger partial charge in [0, 0.05) is 21.7 Å². The van der Waals surface area contributed by atoms with Gasteiger partial charge in [-0.05, 0) is 27.7 Å². The van der Waals surface area contributed by atoms with Crippen molar-refractivity contribution in [3.63, 3.8) is 0 Å². The van der Waals surface area contributed by atoms with E-state index >= 15 is 0 Å². The van der Waals surface area contributed by atoms with E-state index in [9.17, 15) is 0 Å². The largest absolute Gasteiger partial charge is 0.412 e. The molecular formula is C6H20O6Ti. The fraction of sp³-hybridized carbons (Fsp3) is 1.00. The molecule has 0 bridgehead atoms. The Labute approximate surface area is 93.2 Å². The Morgan fingerprint density at radius 3 is 0.846 bits per heavy atom. The maximum Gasteiger partial charge on any atom is 0.0871 e. The molecular weight excluding hydrogens is 216 g/mol. The van der Waals surface area contributed by atoms with Crippen molar-refractivity contribution in [1.29, 1.82) is 0 Å². The maximum absolute atomic E-state index is 7.64. The molecule has 0 rings (SSSR count). The standard InChI is InChI=1S/2C3H8O2.2H2O.Ti/c2*1-3(2)5-4;;;/h2*3-4H,1-2H3;2*1H2;. The third-order valence-corrected chi connectivity index (χ3v) is 0.422. The zero-order valence-electron chi connectivity index (χ0n) is 8.37. The summed E-state index contributed by atoms with van der Waals surface area (Å²) in [5.41, 5.74) is 0. The van der Waals surface area contributed by atoms with Gasteiger partial charge in [-0.3, -0.25) is 10.5 Å². The molecule has 6 N–H and O–H groups in total. The maximum atomic E-state index is 7.64. The summed E-state index contributed by atoms with van der Waals surface area (Å²) in [6.45, 7) is 7.00. The van der Waals surface area contributed by atoms with E-state index in [0.29, 0.717) is 0 Å². The summed E-state index contributed by atoms with van der Waals surface area (Å²) in [7, 11) is 0. The van der Waals surface area contributed by atoms with E-state index in [0.717, 1.165) is 0 Å². The zero-order chi connectivity index (χ0) is 8.57. The van der Waals surface area contributed by atoms with E-state index in [1.54, 1.807) is 27.7 Å². The Kier molecular flexibility index (Phi) is 51.4. The normalized spacial score (nSPS) is 7.38. The molecule has 6 nitrogen and oxygen atoms in total. The Bertz CT molecular complexity index is 53.1. The van der Waals surface area contributed by atoms with E-state index in [-0.39, 0.29) is 44.9 Å². The van der Waals surface area contributed by atoms with Gasteiger partial charge in [-0.15, -0.1) is 0 Å². The van der Waals surface area contributed by atoms with Crippen LogP contribution in [0.4, 0.5) is 0 Å². The molecule has 0 aromatic heterocycles. The van der Waals surface area contributed by atoms with Gasteiger partial charge in [-0.1, -0.05) is 0 Å². The molecule has 0 unspecified atom stereocenters. The molecule has 0 aliphatic heterocycles. The summed E-state index contributed by atoms with van der Waals surface area (Å²) in [6.07, 6.45) is -0.120. The predicted molar refractivity (Wildman–Crippen MR) is 44.9 cm³/mol. The van der Waals surface area contributed by atoms with Crippen LogP contribution in [0.15, 0.2) is 0 Å². The van der Waals surface area contributed by atoms with E-state index < -0.39 is 0 Å². The van der Waals surface area contributed by atoms with Crippen molar-refractivity contribution in [2.45, 2.75) is 39.9 Å². The fourth-order valence-electron chi connectivity index (χ4n) is 0. The summed E-state index contributed by atoms with van der Waals surface area (Å²) < 4.78 is 0. The van der Waals surface area contributed by atoms with Crippen LogP contribution in [0.3, 0.4) is 0 Å². The zero-order valence-corrected chi connectivity index (χ0v) is 9.93. The van der Waals surface area contributed by atoms with Gasteiger partial charge in [0.05, 0.1) is 12.2 Å². The van der Waals surface area contributed by atoms with Crippen LogP contribution in [0, 0.1) is 0 Å². The molecule has 0 atom stereocenters. The molecule has 0 spiro atoms. The van der Waals surface area contributed by atoms with Crippen molar-refractivity contribution >= 4 is 0 Å². The van der Waals surface area contributed by atoms with Gasteiger partial charge >= 0.3 is 0 Å². The van der Waals surface area contributed by atoms with E-state index in [2.05, 4.69) is 9.78 Å². The molecule has 0 saturated carbocycles. The molecule has 0 aliphatic rings. The molecule has 13 heavy (non-hydrogen) atoms. The number of rotatable bonds is 2. The van der Waals surface area contributed by atoms with Crippen LogP contribution in [0.2, 0.25) is 0 Å².